The first-order chi connectivity index (χ1) is 21.7. The van der Waals surface area contributed by atoms with Crippen LogP contribution in [0.25, 0.3) is 11.3 Å². The van der Waals surface area contributed by atoms with Gasteiger partial charge in [0.25, 0.3) is 11.8 Å². The van der Waals surface area contributed by atoms with Crippen molar-refractivity contribution in [3.8, 4) is 17.0 Å². The van der Waals surface area contributed by atoms with Gasteiger partial charge in [0.15, 0.2) is 17.3 Å². The average Bonchev–Trinajstić information content (AvgIpc) is 3.77. The summed E-state index contributed by atoms with van der Waals surface area (Å²) in [5.41, 5.74) is 0.327. The number of hydrogen-bond donors (Lipinski definition) is 3. The predicted molar refractivity (Wildman–Crippen MR) is 158 cm³/mol. The Morgan fingerprint density at radius 2 is 1.81 bits per heavy atom. The Morgan fingerprint density at radius 1 is 1.07 bits per heavy atom. The van der Waals surface area contributed by atoms with Crippen molar-refractivity contribution >= 4 is 34.9 Å². The molecule has 0 radical (unpaired) electrons. The van der Waals surface area contributed by atoms with E-state index in [0.717, 1.165) is 32.0 Å². The Hall–Kier alpha value is -4.59. The van der Waals surface area contributed by atoms with Crippen LogP contribution in [0.5, 0.6) is 5.75 Å². The van der Waals surface area contributed by atoms with Crippen LogP contribution in [-0.2, 0) is 11.8 Å². The SMILES string of the molecule is [2H]C([2H])([2H])NC(=O)c1nnc(NC(=O)C2CC2)cc1Nc1cc(F)cc(-c2cc(C(=O)N3CCN(C(C)C)CC3)n(C)n2)c1OC. The molecule has 14 heteroatoms. The number of piperazine rings is 1. The van der Waals surface area contributed by atoms with Gasteiger partial charge in [-0.25, -0.2) is 4.39 Å². The molecule has 2 aliphatic rings. The molecule has 3 aromatic rings. The lowest BCUT2D eigenvalue weighted by Gasteiger charge is -2.36. The predicted octanol–water partition coefficient (Wildman–Crippen LogP) is 2.64. The molecule has 1 aliphatic carbocycles. The van der Waals surface area contributed by atoms with Gasteiger partial charge in [-0.1, -0.05) is 0 Å². The van der Waals surface area contributed by atoms with Crippen molar-refractivity contribution < 1.29 is 27.6 Å². The van der Waals surface area contributed by atoms with Crippen LogP contribution in [0.3, 0.4) is 0 Å². The average molecular weight is 597 g/mol. The molecule has 3 amide bonds. The smallest absolute Gasteiger partial charge is 0.273 e. The van der Waals surface area contributed by atoms with E-state index in [2.05, 4.69) is 44.7 Å². The second-order valence-corrected chi connectivity index (χ2v) is 10.8. The van der Waals surface area contributed by atoms with Crippen LogP contribution in [0, 0.1) is 11.7 Å². The van der Waals surface area contributed by atoms with Crippen LogP contribution < -0.4 is 20.7 Å². The first-order valence-corrected chi connectivity index (χ1v) is 14.0. The van der Waals surface area contributed by atoms with Gasteiger partial charge in [0.05, 0.1) is 24.2 Å². The molecule has 0 bridgehead atoms. The van der Waals surface area contributed by atoms with Crippen molar-refractivity contribution in [2.75, 3.05) is 50.9 Å². The molecule has 2 aromatic heterocycles. The molecule has 0 spiro atoms. The van der Waals surface area contributed by atoms with E-state index < -0.39 is 24.4 Å². The van der Waals surface area contributed by atoms with Gasteiger partial charge < -0.3 is 25.6 Å². The number of aromatic nitrogens is 4. The van der Waals surface area contributed by atoms with E-state index in [1.807, 2.05) is 5.32 Å². The fourth-order valence-corrected chi connectivity index (χ4v) is 4.99. The number of nitrogens with zero attached hydrogens (tertiary/aromatic N) is 6. The van der Waals surface area contributed by atoms with Crippen LogP contribution in [0.4, 0.5) is 21.6 Å². The highest BCUT2D eigenvalue weighted by atomic mass is 19.1. The number of anilines is 3. The Balaban J connectivity index is 1.48. The standard InChI is InChI=1S/C29H36FN9O4/c1-16(2)38-8-10-39(11-9-38)29(42)23-14-20(36-37(23)4)19-12-18(30)13-22(26(19)43-5)32-21-15-24(33-27(40)17-6-7-17)34-35-25(21)28(41)31-3/h12-17H,6-11H2,1-5H3,(H,31,41)(H2,32,33,34,40)/i3D3. The summed E-state index contributed by atoms with van der Waals surface area (Å²) >= 11 is 0. The Labute approximate surface area is 253 Å². The summed E-state index contributed by atoms with van der Waals surface area (Å²) in [6.45, 7) is 4.04. The maximum absolute atomic E-state index is 15.2. The minimum absolute atomic E-state index is 0.00235. The maximum Gasteiger partial charge on any atom is 0.273 e. The first-order valence-electron chi connectivity index (χ1n) is 15.5. The second kappa shape index (κ2) is 12.3. The van der Waals surface area contributed by atoms with Gasteiger partial charge >= 0.3 is 0 Å². The number of carbonyl (C=O) groups excluding carboxylic acids is 3. The molecule has 2 fully saturated rings. The van der Waals surface area contributed by atoms with E-state index in [-0.39, 0.29) is 51.9 Å². The maximum atomic E-state index is 15.2. The number of amides is 3. The Kier molecular flexibility index (Phi) is 7.48. The Morgan fingerprint density at radius 3 is 2.47 bits per heavy atom. The second-order valence-electron chi connectivity index (χ2n) is 10.8. The molecular formula is C29H36FN9O4. The van der Waals surface area contributed by atoms with Gasteiger partial charge in [-0.3, -0.25) is 24.0 Å². The van der Waals surface area contributed by atoms with E-state index in [4.69, 9.17) is 8.85 Å². The molecule has 5 rings (SSSR count). The van der Waals surface area contributed by atoms with Crippen LogP contribution >= 0.6 is 0 Å². The van der Waals surface area contributed by atoms with Crippen molar-refractivity contribution in [1.82, 2.24) is 35.1 Å². The number of aryl methyl sites for hydroxylation is 1. The van der Waals surface area contributed by atoms with Crippen LogP contribution in [0.2, 0.25) is 0 Å². The molecule has 0 unspecified atom stereocenters. The minimum Gasteiger partial charge on any atom is -0.494 e. The number of methoxy groups -OCH3 is 1. The summed E-state index contributed by atoms with van der Waals surface area (Å²) in [5, 5.41) is 19.6. The number of benzene rings is 1. The van der Waals surface area contributed by atoms with Gasteiger partial charge in [0.2, 0.25) is 5.91 Å². The fourth-order valence-electron chi connectivity index (χ4n) is 4.99. The Bertz CT molecular complexity index is 1650. The summed E-state index contributed by atoms with van der Waals surface area (Å²) in [5.74, 6) is -2.27. The van der Waals surface area contributed by atoms with Gasteiger partial charge in [-0.2, -0.15) is 5.10 Å². The third-order valence-corrected chi connectivity index (χ3v) is 7.56. The molecule has 1 saturated carbocycles. The zero-order chi connectivity index (χ0) is 33.3. The van der Waals surface area contributed by atoms with E-state index in [1.165, 1.54) is 23.9 Å². The van der Waals surface area contributed by atoms with Gasteiger partial charge in [0, 0.05) is 74.0 Å². The van der Waals surface area contributed by atoms with Crippen molar-refractivity contribution in [3.63, 3.8) is 0 Å². The van der Waals surface area contributed by atoms with Gasteiger partial charge in [-0.05, 0) is 38.8 Å². The quantitative estimate of drug-likeness (QED) is 0.339. The number of carbonyl (C=O) groups is 3. The van der Waals surface area contributed by atoms with Gasteiger partial charge in [-0.15, -0.1) is 10.2 Å². The molecule has 228 valence electrons. The number of halogens is 1. The zero-order valence-electron chi connectivity index (χ0n) is 27.4. The summed E-state index contributed by atoms with van der Waals surface area (Å²) in [6, 6.07) is 5.55. The molecular weight excluding hydrogens is 557 g/mol. The third kappa shape index (κ3) is 6.43. The highest BCUT2D eigenvalue weighted by Crippen LogP contribution is 2.39. The molecule has 13 nitrogen and oxygen atoms in total. The monoisotopic (exact) mass is 596 g/mol. The summed E-state index contributed by atoms with van der Waals surface area (Å²) in [7, 11) is 2.99. The van der Waals surface area contributed by atoms with Crippen molar-refractivity contribution in [2.24, 2.45) is 13.0 Å². The van der Waals surface area contributed by atoms with E-state index >= 15 is 4.39 Å². The minimum atomic E-state index is -2.82. The zero-order valence-corrected chi connectivity index (χ0v) is 24.4. The van der Waals surface area contributed by atoms with Gasteiger partial charge in [0.1, 0.15) is 11.5 Å². The van der Waals surface area contributed by atoms with Crippen LogP contribution in [0.1, 0.15) is 51.8 Å². The van der Waals surface area contributed by atoms with E-state index in [0.29, 0.717) is 24.8 Å². The summed E-state index contributed by atoms with van der Waals surface area (Å²) in [6.07, 6.45) is 1.48. The van der Waals surface area contributed by atoms with E-state index in [9.17, 15) is 14.4 Å². The van der Waals surface area contributed by atoms with E-state index in [1.54, 1.807) is 18.0 Å². The number of ether oxygens (including phenoxy) is 1. The first kappa shape index (κ1) is 26.1. The molecule has 1 aromatic carbocycles. The van der Waals surface area contributed by atoms with Crippen molar-refractivity contribution in [1.29, 1.82) is 0 Å². The van der Waals surface area contributed by atoms with Crippen LogP contribution in [0.15, 0.2) is 24.3 Å². The molecule has 3 heterocycles. The summed E-state index contributed by atoms with van der Waals surface area (Å²) < 4.78 is 44.5. The molecule has 3 N–H and O–H groups in total. The normalized spacial score (nSPS) is 16.7. The van der Waals surface area contributed by atoms with Crippen molar-refractivity contribution in [2.45, 2.75) is 32.7 Å². The number of rotatable bonds is 9. The fraction of sp³-hybridized carbons (Fsp3) is 0.448. The molecule has 1 saturated heterocycles. The largest absolute Gasteiger partial charge is 0.494 e. The molecule has 0 atom stereocenters. The van der Waals surface area contributed by atoms with Crippen molar-refractivity contribution in [3.05, 3.63) is 41.5 Å². The topological polar surface area (TPSA) is 147 Å². The molecule has 43 heavy (non-hydrogen) atoms. The lowest BCUT2D eigenvalue weighted by Crippen LogP contribution is -2.51. The third-order valence-electron chi connectivity index (χ3n) is 7.56. The lowest BCUT2D eigenvalue weighted by molar-refractivity contribution is -0.117. The number of nitrogens with one attached hydrogen (secondary N) is 3. The van der Waals surface area contributed by atoms with Crippen LogP contribution in [-0.4, -0.2) is 93.8 Å². The number of hydrogen-bond acceptors (Lipinski definition) is 9. The highest BCUT2D eigenvalue weighted by molar-refractivity contribution is 6.00. The molecule has 1 aliphatic heterocycles. The lowest BCUT2D eigenvalue weighted by atomic mass is 10.1. The highest BCUT2D eigenvalue weighted by Gasteiger charge is 2.31. The summed E-state index contributed by atoms with van der Waals surface area (Å²) in [4.78, 5) is 42.7.